The number of ether oxygens (including phenoxy) is 1. The number of amides is 1. The van der Waals surface area contributed by atoms with Gasteiger partial charge in [-0.05, 0) is 36.4 Å². The largest absolute Gasteiger partial charge is 0.493 e. The number of benzene rings is 2. The number of furan rings is 1. The molecule has 1 heterocycles. The summed E-state index contributed by atoms with van der Waals surface area (Å²) in [5.74, 6) is 0.559. The molecule has 3 rings (SSSR count). The number of carbonyl (C=O) groups excluding carboxylic acids is 1. The van der Waals surface area contributed by atoms with Crippen molar-refractivity contribution >= 4 is 38.5 Å². The third kappa shape index (κ3) is 2.78. The minimum atomic E-state index is -0.296. The van der Waals surface area contributed by atoms with E-state index in [2.05, 4.69) is 21.2 Å². The first kappa shape index (κ1) is 13.7. The van der Waals surface area contributed by atoms with Crippen molar-refractivity contribution in [2.75, 3.05) is 12.4 Å². The molecule has 2 aromatic carbocycles. The fraction of sp³-hybridized carbons (Fsp3) is 0.0625. The summed E-state index contributed by atoms with van der Waals surface area (Å²) in [5, 5.41) is 3.62. The predicted molar refractivity (Wildman–Crippen MR) is 84.9 cm³/mol. The number of carbonyl (C=O) groups is 1. The van der Waals surface area contributed by atoms with Crippen LogP contribution in [-0.2, 0) is 0 Å². The maximum Gasteiger partial charge on any atom is 0.291 e. The molecule has 0 fully saturated rings. The van der Waals surface area contributed by atoms with Gasteiger partial charge in [-0.15, -0.1) is 0 Å². The van der Waals surface area contributed by atoms with E-state index in [1.165, 1.54) is 0 Å². The molecule has 4 nitrogen and oxygen atoms in total. The first-order chi connectivity index (χ1) is 10.2. The molecule has 0 unspecified atom stereocenters. The van der Waals surface area contributed by atoms with Gasteiger partial charge in [-0.3, -0.25) is 4.79 Å². The Balaban J connectivity index is 1.89. The fourth-order valence-electron chi connectivity index (χ4n) is 2.03. The third-order valence-electron chi connectivity index (χ3n) is 3.05. The number of hydrogen-bond donors (Lipinski definition) is 1. The van der Waals surface area contributed by atoms with E-state index in [4.69, 9.17) is 9.15 Å². The zero-order valence-electron chi connectivity index (χ0n) is 11.2. The number of anilines is 1. The van der Waals surface area contributed by atoms with Gasteiger partial charge in [0.1, 0.15) is 0 Å². The average molecular weight is 346 g/mol. The van der Waals surface area contributed by atoms with Crippen molar-refractivity contribution in [3.63, 3.8) is 0 Å². The Bertz CT molecular complexity index is 793. The van der Waals surface area contributed by atoms with Gasteiger partial charge >= 0.3 is 0 Å². The molecule has 0 aliphatic carbocycles. The molecule has 106 valence electrons. The summed E-state index contributed by atoms with van der Waals surface area (Å²) in [6.07, 6.45) is 0. The summed E-state index contributed by atoms with van der Waals surface area (Å²) in [4.78, 5) is 12.2. The van der Waals surface area contributed by atoms with Crippen LogP contribution in [0.2, 0.25) is 0 Å². The predicted octanol–water partition coefficient (Wildman–Crippen LogP) is 4.46. The van der Waals surface area contributed by atoms with Crippen LogP contribution in [0.25, 0.3) is 11.0 Å². The van der Waals surface area contributed by atoms with Gasteiger partial charge < -0.3 is 14.5 Å². The molecule has 0 saturated heterocycles. The Hall–Kier alpha value is -2.27. The monoisotopic (exact) mass is 345 g/mol. The number of fused-ring (bicyclic) bond motifs is 1. The summed E-state index contributed by atoms with van der Waals surface area (Å²) in [6, 6.07) is 14.6. The lowest BCUT2D eigenvalue weighted by atomic mass is 10.2. The zero-order chi connectivity index (χ0) is 14.8. The van der Waals surface area contributed by atoms with E-state index in [0.29, 0.717) is 17.0 Å². The van der Waals surface area contributed by atoms with Crippen molar-refractivity contribution in [1.82, 2.24) is 0 Å². The standard InChI is InChI=1S/C16H12BrNO3/c1-20-13-4-2-3-10-9-14(21-15(10)13)16(19)18-12-7-5-11(17)6-8-12/h2-9H,1H3,(H,18,19). The van der Waals surface area contributed by atoms with Crippen LogP contribution in [0.1, 0.15) is 10.6 Å². The van der Waals surface area contributed by atoms with Gasteiger partial charge in [-0.2, -0.15) is 0 Å². The number of methoxy groups -OCH3 is 1. The molecule has 21 heavy (non-hydrogen) atoms. The van der Waals surface area contributed by atoms with E-state index in [0.717, 1.165) is 9.86 Å². The third-order valence-corrected chi connectivity index (χ3v) is 3.58. The Morgan fingerprint density at radius 2 is 1.95 bits per heavy atom. The van der Waals surface area contributed by atoms with Crippen LogP contribution in [-0.4, -0.2) is 13.0 Å². The lowest BCUT2D eigenvalue weighted by Gasteiger charge is -2.02. The number of rotatable bonds is 3. The first-order valence-corrected chi connectivity index (χ1v) is 7.10. The zero-order valence-corrected chi connectivity index (χ0v) is 12.8. The van der Waals surface area contributed by atoms with Crippen molar-refractivity contribution in [2.24, 2.45) is 0 Å². The normalized spacial score (nSPS) is 10.6. The fourth-order valence-corrected chi connectivity index (χ4v) is 2.30. The van der Waals surface area contributed by atoms with Crippen LogP contribution in [0, 0.1) is 0 Å². The van der Waals surface area contributed by atoms with E-state index in [1.54, 1.807) is 19.2 Å². The molecule has 1 amide bonds. The van der Waals surface area contributed by atoms with Crippen LogP contribution in [0.3, 0.4) is 0 Å². The van der Waals surface area contributed by atoms with Gasteiger partial charge in [-0.1, -0.05) is 28.1 Å². The van der Waals surface area contributed by atoms with Crippen molar-refractivity contribution in [1.29, 1.82) is 0 Å². The number of halogens is 1. The second kappa shape index (κ2) is 5.61. The first-order valence-electron chi connectivity index (χ1n) is 6.31. The second-order valence-electron chi connectivity index (χ2n) is 4.45. The van der Waals surface area contributed by atoms with Gasteiger partial charge in [0.2, 0.25) is 0 Å². The van der Waals surface area contributed by atoms with Gasteiger partial charge in [-0.25, -0.2) is 0 Å². The SMILES string of the molecule is COc1cccc2cc(C(=O)Nc3ccc(Br)cc3)oc12. The van der Waals surface area contributed by atoms with Crippen molar-refractivity contribution in [3.05, 3.63) is 58.8 Å². The Labute approximate surface area is 129 Å². The van der Waals surface area contributed by atoms with Gasteiger partial charge in [0, 0.05) is 15.5 Å². The van der Waals surface area contributed by atoms with Crippen molar-refractivity contribution < 1.29 is 13.9 Å². The maximum absolute atomic E-state index is 12.2. The highest BCUT2D eigenvalue weighted by molar-refractivity contribution is 9.10. The highest BCUT2D eigenvalue weighted by Crippen LogP contribution is 2.28. The molecule has 5 heteroatoms. The Kier molecular flexibility index (Phi) is 3.66. The van der Waals surface area contributed by atoms with Crippen LogP contribution in [0.15, 0.2) is 57.4 Å². The Morgan fingerprint density at radius 1 is 1.19 bits per heavy atom. The number of nitrogens with one attached hydrogen (secondary N) is 1. The van der Waals surface area contributed by atoms with Crippen LogP contribution in [0.5, 0.6) is 5.75 Å². The van der Waals surface area contributed by atoms with Crippen molar-refractivity contribution in [3.8, 4) is 5.75 Å². The molecule has 0 aliphatic rings. The molecular formula is C16H12BrNO3. The summed E-state index contributed by atoms with van der Waals surface area (Å²) >= 11 is 3.35. The molecule has 0 spiro atoms. The quantitative estimate of drug-likeness (QED) is 0.762. The molecule has 0 aliphatic heterocycles. The summed E-state index contributed by atoms with van der Waals surface area (Å²) in [5.41, 5.74) is 1.27. The second-order valence-corrected chi connectivity index (χ2v) is 5.37. The molecule has 0 bridgehead atoms. The lowest BCUT2D eigenvalue weighted by molar-refractivity contribution is 0.0998. The number of para-hydroxylation sites is 1. The van der Waals surface area contributed by atoms with Gasteiger partial charge in [0.05, 0.1) is 7.11 Å². The molecular weight excluding hydrogens is 334 g/mol. The van der Waals surface area contributed by atoms with Crippen molar-refractivity contribution in [2.45, 2.75) is 0 Å². The molecule has 3 aromatic rings. The maximum atomic E-state index is 12.2. The topological polar surface area (TPSA) is 51.5 Å². The van der Waals surface area contributed by atoms with Gasteiger partial charge in [0.25, 0.3) is 5.91 Å². The summed E-state index contributed by atoms with van der Waals surface area (Å²) in [7, 11) is 1.57. The minimum Gasteiger partial charge on any atom is -0.493 e. The van der Waals surface area contributed by atoms with Gasteiger partial charge in [0.15, 0.2) is 17.1 Å². The molecule has 0 saturated carbocycles. The summed E-state index contributed by atoms with van der Waals surface area (Å²) in [6.45, 7) is 0. The highest BCUT2D eigenvalue weighted by Gasteiger charge is 2.14. The van der Waals surface area contributed by atoms with E-state index >= 15 is 0 Å². The molecule has 1 N–H and O–H groups in total. The average Bonchev–Trinajstić information content (AvgIpc) is 2.93. The van der Waals surface area contributed by atoms with Crippen LogP contribution >= 0.6 is 15.9 Å². The molecule has 1 aromatic heterocycles. The Morgan fingerprint density at radius 3 is 2.67 bits per heavy atom. The van der Waals surface area contributed by atoms with Crippen LogP contribution in [0.4, 0.5) is 5.69 Å². The highest BCUT2D eigenvalue weighted by atomic mass is 79.9. The lowest BCUT2D eigenvalue weighted by Crippen LogP contribution is -2.10. The molecule has 0 radical (unpaired) electrons. The molecule has 0 atom stereocenters. The van der Waals surface area contributed by atoms with Crippen LogP contribution < -0.4 is 10.1 Å². The van der Waals surface area contributed by atoms with E-state index in [-0.39, 0.29) is 11.7 Å². The van der Waals surface area contributed by atoms with E-state index < -0.39 is 0 Å². The number of hydrogen-bond acceptors (Lipinski definition) is 3. The minimum absolute atomic E-state index is 0.248. The summed E-state index contributed by atoms with van der Waals surface area (Å²) < 4.78 is 11.8. The smallest absolute Gasteiger partial charge is 0.291 e. The van der Waals surface area contributed by atoms with E-state index in [9.17, 15) is 4.79 Å². The van der Waals surface area contributed by atoms with E-state index in [1.807, 2.05) is 36.4 Å².